The van der Waals surface area contributed by atoms with Crippen molar-refractivity contribution in [2.45, 2.75) is 46.8 Å². The molecule has 3 nitrogen and oxygen atoms in total. The Kier molecular flexibility index (Phi) is 7.44. The first-order valence-corrected chi connectivity index (χ1v) is 9.65. The summed E-state index contributed by atoms with van der Waals surface area (Å²) in [4.78, 5) is 2.32. The second kappa shape index (κ2) is 9.36. The zero-order valence-electron chi connectivity index (χ0n) is 16.2. The molecule has 0 aliphatic rings. The van der Waals surface area contributed by atoms with Gasteiger partial charge in [0, 0.05) is 19.1 Å². The van der Waals surface area contributed by atoms with Gasteiger partial charge in [0.15, 0.2) is 5.11 Å². The van der Waals surface area contributed by atoms with Gasteiger partial charge in [0.05, 0.1) is 10.7 Å². The van der Waals surface area contributed by atoms with Gasteiger partial charge in [-0.3, -0.25) is 4.90 Å². The lowest BCUT2D eigenvalue weighted by Gasteiger charge is -2.23. The van der Waals surface area contributed by atoms with Crippen LogP contribution in [0.25, 0.3) is 0 Å². The van der Waals surface area contributed by atoms with E-state index in [1.165, 1.54) is 11.1 Å². The Bertz CT molecular complexity index is 751. The second-order valence-electron chi connectivity index (χ2n) is 7.02. The van der Waals surface area contributed by atoms with E-state index < -0.39 is 0 Å². The van der Waals surface area contributed by atoms with Gasteiger partial charge in [-0.05, 0) is 75.3 Å². The van der Waals surface area contributed by atoms with Gasteiger partial charge in [0.25, 0.3) is 0 Å². The molecule has 140 valence electrons. The predicted molar refractivity (Wildman–Crippen MR) is 117 cm³/mol. The summed E-state index contributed by atoms with van der Waals surface area (Å²) >= 11 is 11.8. The SMILES string of the molecule is Cc1cc(C)c(NC(=S)NCc2ccccc2CN(C)C(C)C)c(Cl)c1. The molecular formula is C21H28ClN3S. The normalized spacial score (nSPS) is 11.1. The van der Waals surface area contributed by atoms with Crippen molar-refractivity contribution in [1.82, 2.24) is 10.2 Å². The maximum absolute atomic E-state index is 6.35. The molecule has 0 atom stereocenters. The van der Waals surface area contributed by atoms with E-state index in [-0.39, 0.29) is 0 Å². The quantitative estimate of drug-likeness (QED) is 0.657. The monoisotopic (exact) mass is 389 g/mol. The molecule has 5 heteroatoms. The molecule has 0 aliphatic carbocycles. The summed E-state index contributed by atoms with van der Waals surface area (Å²) in [6.07, 6.45) is 0. The minimum atomic E-state index is 0.505. The maximum atomic E-state index is 6.35. The Hall–Kier alpha value is -1.62. The summed E-state index contributed by atoms with van der Waals surface area (Å²) in [5, 5.41) is 7.80. The number of benzene rings is 2. The van der Waals surface area contributed by atoms with Crippen molar-refractivity contribution < 1.29 is 0 Å². The zero-order valence-corrected chi connectivity index (χ0v) is 17.8. The lowest BCUT2D eigenvalue weighted by Crippen LogP contribution is -2.30. The number of thiocarbonyl (C=S) groups is 1. The molecule has 0 unspecified atom stereocenters. The second-order valence-corrected chi connectivity index (χ2v) is 7.84. The summed E-state index contributed by atoms with van der Waals surface area (Å²) < 4.78 is 0. The van der Waals surface area contributed by atoms with Gasteiger partial charge in [0.2, 0.25) is 0 Å². The number of aryl methyl sites for hydroxylation is 2. The summed E-state index contributed by atoms with van der Waals surface area (Å²) in [5.74, 6) is 0. The molecule has 26 heavy (non-hydrogen) atoms. The summed E-state index contributed by atoms with van der Waals surface area (Å²) in [7, 11) is 2.14. The summed E-state index contributed by atoms with van der Waals surface area (Å²) in [6, 6.07) is 13.0. The fraction of sp³-hybridized carbons (Fsp3) is 0.381. The van der Waals surface area contributed by atoms with E-state index in [2.05, 4.69) is 66.8 Å². The smallest absolute Gasteiger partial charge is 0.171 e. The Morgan fingerprint density at radius 2 is 1.81 bits per heavy atom. The van der Waals surface area contributed by atoms with Crippen molar-refractivity contribution in [2.75, 3.05) is 12.4 Å². The lowest BCUT2D eigenvalue weighted by atomic mass is 10.1. The molecule has 0 aromatic heterocycles. The highest BCUT2D eigenvalue weighted by molar-refractivity contribution is 7.80. The van der Waals surface area contributed by atoms with Gasteiger partial charge >= 0.3 is 0 Å². The molecule has 0 radical (unpaired) electrons. The zero-order chi connectivity index (χ0) is 19.3. The highest BCUT2D eigenvalue weighted by atomic mass is 35.5. The van der Waals surface area contributed by atoms with Crippen LogP contribution in [-0.4, -0.2) is 23.1 Å². The molecular weight excluding hydrogens is 362 g/mol. The van der Waals surface area contributed by atoms with Crippen LogP contribution in [0.1, 0.15) is 36.1 Å². The van der Waals surface area contributed by atoms with Crippen LogP contribution in [0.5, 0.6) is 0 Å². The first-order valence-electron chi connectivity index (χ1n) is 8.86. The van der Waals surface area contributed by atoms with E-state index in [1.807, 2.05) is 19.9 Å². The highest BCUT2D eigenvalue weighted by Gasteiger charge is 2.10. The number of nitrogens with zero attached hydrogens (tertiary/aromatic N) is 1. The van der Waals surface area contributed by atoms with E-state index >= 15 is 0 Å². The van der Waals surface area contributed by atoms with Crippen LogP contribution < -0.4 is 10.6 Å². The number of hydrogen-bond donors (Lipinski definition) is 2. The van der Waals surface area contributed by atoms with Crippen molar-refractivity contribution in [3.8, 4) is 0 Å². The summed E-state index contributed by atoms with van der Waals surface area (Å²) in [6.45, 7) is 10.1. The fourth-order valence-corrected chi connectivity index (χ4v) is 3.29. The van der Waals surface area contributed by atoms with Crippen molar-refractivity contribution in [2.24, 2.45) is 0 Å². The number of halogens is 1. The maximum Gasteiger partial charge on any atom is 0.171 e. The Morgan fingerprint density at radius 1 is 1.15 bits per heavy atom. The molecule has 0 bridgehead atoms. The third-order valence-electron chi connectivity index (χ3n) is 4.53. The van der Waals surface area contributed by atoms with Gasteiger partial charge in [-0.2, -0.15) is 0 Å². The first kappa shape index (κ1) is 20.7. The Morgan fingerprint density at radius 3 is 2.42 bits per heavy atom. The average molecular weight is 390 g/mol. The van der Waals surface area contributed by atoms with Crippen LogP contribution in [0.2, 0.25) is 5.02 Å². The Balaban J connectivity index is 2.02. The van der Waals surface area contributed by atoms with Crippen LogP contribution in [-0.2, 0) is 13.1 Å². The standard InChI is InChI=1S/C21H28ClN3S/c1-14(2)25(5)13-18-9-7-6-8-17(18)12-23-21(26)24-20-16(4)10-15(3)11-19(20)22/h6-11,14H,12-13H2,1-5H3,(H2,23,24,26). The van der Waals surface area contributed by atoms with Crippen molar-refractivity contribution in [1.29, 1.82) is 0 Å². The van der Waals surface area contributed by atoms with Crippen molar-refractivity contribution in [3.63, 3.8) is 0 Å². The molecule has 0 aliphatic heterocycles. The molecule has 2 N–H and O–H groups in total. The Labute approximate surface area is 167 Å². The molecule has 0 fully saturated rings. The van der Waals surface area contributed by atoms with E-state index in [0.717, 1.165) is 23.4 Å². The van der Waals surface area contributed by atoms with Gasteiger partial charge in [-0.25, -0.2) is 0 Å². The van der Waals surface area contributed by atoms with Crippen LogP contribution in [0.3, 0.4) is 0 Å². The predicted octanol–water partition coefficient (Wildman–Crippen LogP) is 5.28. The van der Waals surface area contributed by atoms with E-state index in [0.29, 0.717) is 22.7 Å². The topological polar surface area (TPSA) is 27.3 Å². The lowest BCUT2D eigenvalue weighted by molar-refractivity contribution is 0.265. The van der Waals surface area contributed by atoms with Crippen LogP contribution >= 0.6 is 23.8 Å². The number of rotatable bonds is 6. The molecule has 2 rings (SSSR count). The van der Waals surface area contributed by atoms with Crippen LogP contribution in [0, 0.1) is 13.8 Å². The number of hydrogen-bond acceptors (Lipinski definition) is 2. The van der Waals surface area contributed by atoms with Crippen LogP contribution in [0.4, 0.5) is 5.69 Å². The largest absolute Gasteiger partial charge is 0.358 e. The van der Waals surface area contributed by atoms with E-state index in [4.69, 9.17) is 23.8 Å². The van der Waals surface area contributed by atoms with Gasteiger partial charge in [-0.1, -0.05) is 41.9 Å². The number of nitrogens with one attached hydrogen (secondary N) is 2. The van der Waals surface area contributed by atoms with Gasteiger partial charge in [-0.15, -0.1) is 0 Å². The van der Waals surface area contributed by atoms with E-state index in [9.17, 15) is 0 Å². The first-order chi connectivity index (χ1) is 12.3. The molecule has 2 aromatic carbocycles. The molecule has 0 saturated carbocycles. The van der Waals surface area contributed by atoms with Gasteiger partial charge in [0.1, 0.15) is 0 Å². The van der Waals surface area contributed by atoms with Gasteiger partial charge < -0.3 is 10.6 Å². The molecule has 0 amide bonds. The molecule has 0 saturated heterocycles. The third kappa shape index (κ3) is 5.70. The fourth-order valence-electron chi connectivity index (χ4n) is 2.74. The van der Waals surface area contributed by atoms with Crippen molar-refractivity contribution >= 4 is 34.6 Å². The molecule has 0 heterocycles. The minimum Gasteiger partial charge on any atom is -0.358 e. The van der Waals surface area contributed by atoms with Crippen molar-refractivity contribution in [3.05, 3.63) is 63.7 Å². The average Bonchev–Trinajstić information content (AvgIpc) is 2.57. The molecule has 2 aromatic rings. The summed E-state index contributed by atoms with van der Waals surface area (Å²) in [5.41, 5.74) is 5.64. The minimum absolute atomic E-state index is 0.505. The molecule has 0 spiro atoms. The van der Waals surface area contributed by atoms with Crippen LogP contribution in [0.15, 0.2) is 36.4 Å². The number of anilines is 1. The van der Waals surface area contributed by atoms with E-state index in [1.54, 1.807) is 0 Å². The third-order valence-corrected chi connectivity index (χ3v) is 5.07. The highest BCUT2D eigenvalue weighted by Crippen LogP contribution is 2.27.